The molecular formula is C14H12BrN3O2S. The molecule has 0 saturated carbocycles. The van der Waals surface area contributed by atoms with Crippen molar-refractivity contribution in [1.82, 2.24) is 14.7 Å². The van der Waals surface area contributed by atoms with Gasteiger partial charge in [0.1, 0.15) is 11.4 Å². The van der Waals surface area contributed by atoms with E-state index in [1.807, 2.05) is 34.9 Å². The van der Waals surface area contributed by atoms with Gasteiger partial charge in [0.2, 0.25) is 0 Å². The number of hydrogen-bond donors (Lipinski definition) is 1. The molecule has 7 heteroatoms. The number of methoxy groups -OCH3 is 1. The van der Waals surface area contributed by atoms with Crippen LogP contribution in [0.15, 0.2) is 40.4 Å². The molecule has 0 atom stereocenters. The molecule has 3 aromatic rings. The Labute approximate surface area is 133 Å². The van der Waals surface area contributed by atoms with Crippen LogP contribution >= 0.6 is 27.3 Å². The number of thiazole rings is 1. The number of carbonyl (C=O) groups is 1. The van der Waals surface area contributed by atoms with Gasteiger partial charge in [0.15, 0.2) is 4.96 Å². The molecule has 0 aliphatic rings. The van der Waals surface area contributed by atoms with E-state index >= 15 is 0 Å². The third kappa shape index (κ3) is 3.08. The summed E-state index contributed by atoms with van der Waals surface area (Å²) in [7, 11) is 1.62. The van der Waals surface area contributed by atoms with Gasteiger partial charge in [-0.1, -0.05) is 23.5 Å². The molecule has 0 aliphatic carbocycles. The predicted molar refractivity (Wildman–Crippen MR) is 84.9 cm³/mol. The largest absolute Gasteiger partial charge is 0.497 e. The van der Waals surface area contributed by atoms with Gasteiger partial charge in [0.25, 0.3) is 5.91 Å². The van der Waals surface area contributed by atoms with Crippen molar-refractivity contribution in [3.63, 3.8) is 0 Å². The Balaban J connectivity index is 1.66. The smallest absolute Gasteiger partial charge is 0.271 e. The standard InChI is InChI=1S/C14H12BrN3O2S/c1-20-10-4-2-9(3-5-10)6-16-13(19)11-7-18-8-12(15)21-14(18)17-11/h2-5,7-8H,6H2,1H3,(H,16,19). The summed E-state index contributed by atoms with van der Waals surface area (Å²) in [6.45, 7) is 0.456. The Morgan fingerprint density at radius 2 is 2.14 bits per heavy atom. The van der Waals surface area contributed by atoms with Crippen molar-refractivity contribution in [3.8, 4) is 5.75 Å². The molecule has 2 aromatic heterocycles. The Morgan fingerprint density at radius 1 is 1.38 bits per heavy atom. The second-order valence-corrected chi connectivity index (χ2v) is 6.77. The van der Waals surface area contributed by atoms with Gasteiger partial charge < -0.3 is 10.1 Å². The van der Waals surface area contributed by atoms with Crippen LogP contribution in [0, 0.1) is 0 Å². The number of imidazole rings is 1. The predicted octanol–water partition coefficient (Wildman–Crippen LogP) is 3.10. The topological polar surface area (TPSA) is 55.6 Å². The van der Waals surface area contributed by atoms with Crippen LogP contribution in [0.25, 0.3) is 4.96 Å². The van der Waals surface area contributed by atoms with E-state index in [2.05, 4.69) is 26.2 Å². The first-order valence-electron chi connectivity index (χ1n) is 6.21. The van der Waals surface area contributed by atoms with Gasteiger partial charge >= 0.3 is 0 Å². The lowest BCUT2D eigenvalue weighted by atomic mass is 10.2. The van der Waals surface area contributed by atoms with Crippen molar-refractivity contribution < 1.29 is 9.53 Å². The van der Waals surface area contributed by atoms with Crippen molar-refractivity contribution in [2.75, 3.05) is 7.11 Å². The molecule has 1 amide bonds. The average Bonchev–Trinajstić information content (AvgIpc) is 3.02. The molecular weight excluding hydrogens is 354 g/mol. The van der Waals surface area contributed by atoms with Crippen molar-refractivity contribution >= 4 is 38.1 Å². The SMILES string of the molecule is COc1ccc(CNC(=O)c2cn3cc(Br)sc3n2)cc1. The summed E-state index contributed by atoms with van der Waals surface area (Å²) < 4.78 is 7.91. The highest BCUT2D eigenvalue weighted by Crippen LogP contribution is 2.22. The van der Waals surface area contributed by atoms with Gasteiger partial charge in [-0.25, -0.2) is 4.98 Å². The highest BCUT2D eigenvalue weighted by atomic mass is 79.9. The third-order valence-electron chi connectivity index (χ3n) is 2.97. The maximum absolute atomic E-state index is 12.1. The van der Waals surface area contributed by atoms with Gasteiger partial charge in [0, 0.05) is 18.9 Å². The number of carbonyl (C=O) groups excluding carboxylic acids is 1. The summed E-state index contributed by atoms with van der Waals surface area (Å²) >= 11 is 4.87. The second kappa shape index (κ2) is 5.87. The highest BCUT2D eigenvalue weighted by Gasteiger charge is 2.12. The number of rotatable bonds is 4. The zero-order valence-corrected chi connectivity index (χ0v) is 13.6. The summed E-state index contributed by atoms with van der Waals surface area (Å²) in [5.74, 6) is 0.614. The first kappa shape index (κ1) is 14.1. The molecule has 3 rings (SSSR count). The molecule has 0 aliphatic heterocycles. The van der Waals surface area contributed by atoms with E-state index in [9.17, 15) is 4.79 Å². The van der Waals surface area contributed by atoms with Crippen molar-refractivity contribution in [1.29, 1.82) is 0 Å². The van der Waals surface area contributed by atoms with Crippen LogP contribution in [0.1, 0.15) is 16.1 Å². The minimum absolute atomic E-state index is 0.183. The van der Waals surface area contributed by atoms with Gasteiger partial charge in [-0.2, -0.15) is 0 Å². The number of halogens is 1. The summed E-state index contributed by atoms with van der Waals surface area (Å²) in [4.78, 5) is 17.2. The number of ether oxygens (including phenoxy) is 1. The van der Waals surface area contributed by atoms with Crippen molar-refractivity contribution in [3.05, 3.63) is 51.7 Å². The van der Waals surface area contributed by atoms with Crippen molar-refractivity contribution in [2.45, 2.75) is 6.54 Å². The van der Waals surface area contributed by atoms with E-state index in [-0.39, 0.29) is 5.91 Å². The number of hydrogen-bond acceptors (Lipinski definition) is 4. The molecule has 0 bridgehead atoms. The van der Waals surface area contributed by atoms with Crippen LogP contribution in [0.5, 0.6) is 5.75 Å². The number of amides is 1. The van der Waals surface area contributed by atoms with Crippen LogP contribution in [0.2, 0.25) is 0 Å². The molecule has 108 valence electrons. The Kier molecular flexibility index (Phi) is 3.94. The third-order valence-corrected chi connectivity index (χ3v) is 4.45. The van der Waals surface area contributed by atoms with E-state index in [1.165, 1.54) is 11.3 Å². The molecule has 1 N–H and O–H groups in total. The first-order valence-corrected chi connectivity index (χ1v) is 7.82. The summed E-state index contributed by atoms with van der Waals surface area (Å²) in [5, 5.41) is 2.86. The van der Waals surface area contributed by atoms with E-state index in [0.717, 1.165) is 20.1 Å². The fourth-order valence-electron chi connectivity index (χ4n) is 1.89. The highest BCUT2D eigenvalue weighted by molar-refractivity contribution is 9.11. The van der Waals surface area contributed by atoms with Crippen LogP contribution in [0.4, 0.5) is 0 Å². The van der Waals surface area contributed by atoms with E-state index in [0.29, 0.717) is 12.2 Å². The quantitative estimate of drug-likeness (QED) is 0.772. The number of fused-ring (bicyclic) bond motifs is 1. The van der Waals surface area contributed by atoms with Crippen LogP contribution in [-0.4, -0.2) is 22.4 Å². The van der Waals surface area contributed by atoms with E-state index in [4.69, 9.17) is 4.74 Å². The van der Waals surface area contributed by atoms with Gasteiger partial charge in [-0.15, -0.1) is 0 Å². The minimum Gasteiger partial charge on any atom is -0.497 e. The maximum atomic E-state index is 12.1. The first-order chi connectivity index (χ1) is 10.2. The van der Waals surface area contributed by atoms with E-state index < -0.39 is 0 Å². The minimum atomic E-state index is -0.183. The summed E-state index contributed by atoms with van der Waals surface area (Å²) in [6.07, 6.45) is 3.60. The zero-order chi connectivity index (χ0) is 14.8. The average molecular weight is 366 g/mol. The Hall–Kier alpha value is -1.86. The van der Waals surface area contributed by atoms with Crippen LogP contribution < -0.4 is 10.1 Å². The lowest BCUT2D eigenvalue weighted by molar-refractivity contribution is 0.0946. The van der Waals surface area contributed by atoms with Crippen LogP contribution in [-0.2, 0) is 6.54 Å². The van der Waals surface area contributed by atoms with Crippen LogP contribution in [0.3, 0.4) is 0 Å². The number of benzene rings is 1. The Morgan fingerprint density at radius 3 is 2.81 bits per heavy atom. The van der Waals surface area contributed by atoms with Gasteiger partial charge in [0.05, 0.1) is 10.9 Å². The molecule has 0 saturated heterocycles. The van der Waals surface area contributed by atoms with Crippen molar-refractivity contribution in [2.24, 2.45) is 0 Å². The molecule has 2 heterocycles. The summed E-state index contributed by atoms with van der Waals surface area (Å²) in [5.41, 5.74) is 1.43. The second-order valence-electron chi connectivity index (χ2n) is 4.38. The normalized spacial score (nSPS) is 10.8. The fraction of sp³-hybridized carbons (Fsp3) is 0.143. The lowest BCUT2D eigenvalue weighted by Crippen LogP contribution is -2.23. The maximum Gasteiger partial charge on any atom is 0.271 e. The number of nitrogens with zero attached hydrogens (tertiary/aromatic N) is 2. The molecule has 0 fully saturated rings. The number of nitrogens with one attached hydrogen (secondary N) is 1. The molecule has 21 heavy (non-hydrogen) atoms. The summed E-state index contributed by atoms with van der Waals surface area (Å²) in [6, 6.07) is 7.57. The molecule has 1 aromatic carbocycles. The Bertz CT molecular complexity index is 748. The number of aromatic nitrogens is 2. The molecule has 0 unspecified atom stereocenters. The monoisotopic (exact) mass is 365 g/mol. The zero-order valence-electron chi connectivity index (χ0n) is 11.2. The van der Waals surface area contributed by atoms with Gasteiger partial charge in [-0.05, 0) is 33.6 Å². The lowest BCUT2D eigenvalue weighted by Gasteiger charge is -2.04. The molecule has 5 nitrogen and oxygen atoms in total. The van der Waals surface area contributed by atoms with E-state index in [1.54, 1.807) is 13.3 Å². The fourth-order valence-corrected chi connectivity index (χ4v) is 3.24. The molecule has 0 radical (unpaired) electrons. The van der Waals surface area contributed by atoms with Gasteiger partial charge in [-0.3, -0.25) is 9.20 Å². The molecule has 0 spiro atoms.